The van der Waals surface area contributed by atoms with Crippen LogP contribution in [-0.4, -0.2) is 0 Å². The van der Waals surface area contributed by atoms with Gasteiger partial charge in [0.05, 0.1) is 6.07 Å². The van der Waals surface area contributed by atoms with Crippen LogP contribution in [0.4, 0.5) is 0 Å². The number of rotatable bonds is 4. The van der Waals surface area contributed by atoms with E-state index in [1.165, 1.54) is 0 Å². The summed E-state index contributed by atoms with van der Waals surface area (Å²) < 4.78 is 0. The van der Waals surface area contributed by atoms with Gasteiger partial charge in [0, 0.05) is 5.57 Å². The van der Waals surface area contributed by atoms with Crippen LogP contribution in [0, 0.1) is 11.3 Å². The molecule has 0 N–H and O–H groups in total. The Hall–Kier alpha value is -2.33. The molecule has 0 saturated carbocycles. The van der Waals surface area contributed by atoms with Gasteiger partial charge in [-0.25, -0.2) is 0 Å². The average Bonchev–Trinajstić information content (AvgIpc) is 2.37. The Morgan fingerprint density at radius 2 is 2.00 bits per heavy atom. The van der Waals surface area contributed by atoms with Gasteiger partial charge in [0.15, 0.2) is 0 Å². The molecule has 0 saturated heterocycles. The molecule has 0 unspecified atom stereocenters. The largest absolute Gasteiger partial charge is 0.193 e. The molecule has 0 fully saturated rings. The zero-order chi connectivity index (χ0) is 12.5. The maximum absolute atomic E-state index is 8.74. The molecule has 0 aromatic heterocycles. The van der Waals surface area contributed by atoms with Crippen molar-refractivity contribution in [3.05, 3.63) is 77.9 Å². The molecule has 17 heavy (non-hydrogen) atoms. The standard InChI is InChI=1S/C16H15N/c1-3-7-16(12-14(2)13-17)11-10-15-8-5-4-6-9-15/h3-12H,1H2,2H3. The topological polar surface area (TPSA) is 23.8 Å². The van der Waals surface area contributed by atoms with Crippen molar-refractivity contribution >= 4 is 6.08 Å². The molecule has 0 bridgehead atoms. The van der Waals surface area contributed by atoms with Gasteiger partial charge >= 0.3 is 0 Å². The molecule has 0 aliphatic heterocycles. The third kappa shape index (κ3) is 4.81. The summed E-state index contributed by atoms with van der Waals surface area (Å²) in [4.78, 5) is 0. The highest BCUT2D eigenvalue weighted by Gasteiger charge is 1.89. The van der Waals surface area contributed by atoms with Crippen LogP contribution in [0.3, 0.4) is 0 Å². The van der Waals surface area contributed by atoms with Crippen LogP contribution in [0.15, 0.2) is 72.4 Å². The first-order chi connectivity index (χ1) is 8.26. The highest BCUT2D eigenvalue weighted by molar-refractivity contribution is 5.55. The van der Waals surface area contributed by atoms with E-state index in [0.717, 1.165) is 11.1 Å². The normalized spacial score (nSPS) is 12.5. The molecule has 0 atom stereocenters. The summed E-state index contributed by atoms with van der Waals surface area (Å²) in [6, 6.07) is 12.1. The van der Waals surface area contributed by atoms with Crippen molar-refractivity contribution < 1.29 is 0 Å². The van der Waals surface area contributed by atoms with Gasteiger partial charge < -0.3 is 0 Å². The molecule has 0 heterocycles. The van der Waals surface area contributed by atoms with Crippen LogP contribution in [-0.2, 0) is 0 Å². The van der Waals surface area contributed by atoms with Crippen LogP contribution in [0.5, 0.6) is 0 Å². The Kier molecular flexibility index (Phi) is 5.27. The lowest BCUT2D eigenvalue weighted by Gasteiger charge is -1.95. The summed E-state index contributed by atoms with van der Waals surface area (Å²) in [5.74, 6) is 0. The molecular formula is C16H15N. The lowest BCUT2D eigenvalue weighted by Crippen LogP contribution is -1.76. The van der Waals surface area contributed by atoms with Crippen molar-refractivity contribution in [2.75, 3.05) is 0 Å². The van der Waals surface area contributed by atoms with Crippen molar-refractivity contribution in [2.45, 2.75) is 6.92 Å². The Balaban J connectivity index is 2.90. The van der Waals surface area contributed by atoms with Gasteiger partial charge in [-0.3, -0.25) is 0 Å². The SMILES string of the molecule is C=CC=C(C=Cc1ccccc1)C=C(C)C#N. The summed E-state index contributed by atoms with van der Waals surface area (Å²) in [5, 5.41) is 8.74. The fourth-order valence-corrected chi connectivity index (χ4v) is 1.33. The number of allylic oxidation sites excluding steroid dienone is 6. The van der Waals surface area contributed by atoms with Crippen molar-refractivity contribution in [1.29, 1.82) is 5.26 Å². The maximum atomic E-state index is 8.74. The molecule has 1 aromatic rings. The zero-order valence-electron chi connectivity index (χ0n) is 9.93. The van der Waals surface area contributed by atoms with E-state index in [1.54, 1.807) is 13.0 Å². The van der Waals surface area contributed by atoms with Crippen molar-refractivity contribution in [2.24, 2.45) is 0 Å². The summed E-state index contributed by atoms with van der Waals surface area (Å²) in [5.41, 5.74) is 2.77. The molecule has 1 rings (SSSR count). The van der Waals surface area contributed by atoms with Gasteiger partial charge in [-0.05, 0) is 24.1 Å². The van der Waals surface area contributed by atoms with Gasteiger partial charge in [-0.1, -0.05) is 61.2 Å². The molecule has 0 aliphatic rings. The molecular weight excluding hydrogens is 206 g/mol. The van der Waals surface area contributed by atoms with Gasteiger partial charge in [0.2, 0.25) is 0 Å². The molecule has 1 heteroatoms. The smallest absolute Gasteiger partial charge is 0.0944 e. The van der Waals surface area contributed by atoms with Gasteiger partial charge in [0.1, 0.15) is 0 Å². The maximum Gasteiger partial charge on any atom is 0.0944 e. The van der Waals surface area contributed by atoms with Gasteiger partial charge in [-0.2, -0.15) is 5.26 Å². The Labute approximate surface area is 103 Å². The van der Waals surface area contributed by atoms with Crippen LogP contribution in [0.25, 0.3) is 6.08 Å². The monoisotopic (exact) mass is 221 g/mol. The second-order valence-electron chi connectivity index (χ2n) is 3.59. The molecule has 84 valence electrons. The molecule has 1 aromatic carbocycles. The van der Waals surface area contributed by atoms with E-state index in [2.05, 4.69) is 12.6 Å². The zero-order valence-corrected chi connectivity index (χ0v) is 9.93. The summed E-state index contributed by atoms with van der Waals surface area (Å²) in [6.45, 7) is 5.45. The Morgan fingerprint density at radius 1 is 1.29 bits per heavy atom. The van der Waals surface area contributed by atoms with Crippen molar-refractivity contribution in [1.82, 2.24) is 0 Å². The second kappa shape index (κ2) is 7.03. The van der Waals surface area contributed by atoms with E-state index in [4.69, 9.17) is 5.26 Å². The number of benzene rings is 1. The first kappa shape index (κ1) is 12.7. The first-order valence-corrected chi connectivity index (χ1v) is 5.40. The molecule has 0 radical (unpaired) electrons. The predicted molar refractivity (Wildman–Crippen MR) is 73.1 cm³/mol. The van der Waals surface area contributed by atoms with Crippen molar-refractivity contribution in [3.63, 3.8) is 0 Å². The third-order valence-electron chi connectivity index (χ3n) is 2.14. The Morgan fingerprint density at radius 3 is 2.59 bits per heavy atom. The molecule has 0 aliphatic carbocycles. The minimum atomic E-state index is 0.677. The van der Waals surface area contributed by atoms with E-state index >= 15 is 0 Å². The summed E-state index contributed by atoms with van der Waals surface area (Å²) >= 11 is 0. The van der Waals surface area contributed by atoms with Crippen LogP contribution < -0.4 is 0 Å². The average molecular weight is 221 g/mol. The quantitative estimate of drug-likeness (QED) is 0.550. The lowest BCUT2D eigenvalue weighted by atomic mass is 10.1. The van der Waals surface area contributed by atoms with E-state index in [0.29, 0.717) is 5.57 Å². The molecule has 0 spiro atoms. The lowest BCUT2D eigenvalue weighted by molar-refractivity contribution is 1.43. The Bertz CT molecular complexity index is 496. The van der Waals surface area contributed by atoms with Gasteiger partial charge in [-0.15, -0.1) is 0 Å². The van der Waals surface area contributed by atoms with Gasteiger partial charge in [0.25, 0.3) is 0 Å². The predicted octanol–water partition coefficient (Wildman–Crippen LogP) is 4.28. The van der Waals surface area contributed by atoms with E-state index in [9.17, 15) is 0 Å². The van der Waals surface area contributed by atoms with Crippen LogP contribution >= 0.6 is 0 Å². The number of nitriles is 1. The molecule has 1 nitrogen and oxygen atoms in total. The summed E-state index contributed by atoms with van der Waals surface area (Å²) in [7, 11) is 0. The van der Waals surface area contributed by atoms with Crippen molar-refractivity contribution in [3.8, 4) is 6.07 Å². The van der Waals surface area contributed by atoms with Crippen LogP contribution in [0.2, 0.25) is 0 Å². The van der Waals surface area contributed by atoms with E-state index in [-0.39, 0.29) is 0 Å². The highest BCUT2D eigenvalue weighted by atomic mass is 14.2. The number of hydrogen-bond acceptors (Lipinski definition) is 1. The minimum absolute atomic E-state index is 0.677. The highest BCUT2D eigenvalue weighted by Crippen LogP contribution is 2.08. The minimum Gasteiger partial charge on any atom is -0.193 e. The number of hydrogen-bond donors (Lipinski definition) is 0. The first-order valence-electron chi connectivity index (χ1n) is 5.40. The van der Waals surface area contributed by atoms with Crippen LogP contribution in [0.1, 0.15) is 12.5 Å². The number of nitrogens with zero attached hydrogens (tertiary/aromatic N) is 1. The molecule has 0 amide bonds. The van der Waals surface area contributed by atoms with E-state index < -0.39 is 0 Å². The fourth-order valence-electron chi connectivity index (χ4n) is 1.33. The summed E-state index contributed by atoms with van der Waals surface area (Å²) in [6.07, 6.45) is 9.40. The van der Waals surface area contributed by atoms with E-state index in [1.807, 2.05) is 54.6 Å². The second-order valence-corrected chi connectivity index (χ2v) is 3.59. The third-order valence-corrected chi connectivity index (χ3v) is 2.14. The fraction of sp³-hybridized carbons (Fsp3) is 0.0625.